The largest absolute Gasteiger partial charge is 0.481 e. The first-order valence-electron chi connectivity index (χ1n) is 4.07. The van der Waals surface area contributed by atoms with Gasteiger partial charge in [-0.25, -0.2) is 4.99 Å². The molecule has 72 valence electrons. The predicted octanol–water partition coefficient (Wildman–Crippen LogP) is 2.31. The van der Waals surface area contributed by atoms with E-state index in [4.69, 9.17) is 5.11 Å². The minimum absolute atomic E-state index is 0.0619. The summed E-state index contributed by atoms with van der Waals surface area (Å²) in [6.07, 6.45) is -0.0619. The van der Waals surface area contributed by atoms with Crippen molar-refractivity contribution in [3.63, 3.8) is 0 Å². The number of carbonyl (C=O) groups is 1. The summed E-state index contributed by atoms with van der Waals surface area (Å²) in [4.78, 5) is 14.4. The Morgan fingerprint density at radius 2 is 2.14 bits per heavy atom. The molecule has 1 atom stereocenters. The van der Waals surface area contributed by atoms with Gasteiger partial charge in [-0.3, -0.25) is 4.79 Å². The van der Waals surface area contributed by atoms with Crippen molar-refractivity contribution < 1.29 is 9.90 Å². The van der Waals surface area contributed by atoms with E-state index in [1.54, 1.807) is 0 Å². The molecule has 0 spiro atoms. The van der Waals surface area contributed by atoms with Crippen LogP contribution in [0.1, 0.15) is 18.0 Å². The van der Waals surface area contributed by atoms with E-state index in [1.807, 2.05) is 30.3 Å². The first kappa shape index (κ1) is 10.6. The van der Waals surface area contributed by atoms with Gasteiger partial charge in [-0.2, -0.15) is 0 Å². The number of rotatable bonds is 4. The summed E-state index contributed by atoms with van der Waals surface area (Å²) < 4.78 is 0. The number of hydrogen-bond acceptors (Lipinski definition) is 3. The molecular formula is C10H9NO2S. The first-order chi connectivity index (χ1) is 6.74. The zero-order chi connectivity index (χ0) is 10.4. The van der Waals surface area contributed by atoms with Crippen molar-refractivity contribution in [2.24, 2.45) is 4.99 Å². The number of carboxylic acid groups (broad SMARTS) is 1. The average Bonchev–Trinajstić information content (AvgIpc) is 2.18. The highest BCUT2D eigenvalue weighted by Gasteiger charge is 2.13. The smallest absolute Gasteiger partial charge is 0.305 e. The van der Waals surface area contributed by atoms with Crippen molar-refractivity contribution in [2.75, 3.05) is 0 Å². The van der Waals surface area contributed by atoms with Gasteiger partial charge < -0.3 is 5.11 Å². The van der Waals surface area contributed by atoms with Crippen molar-refractivity contribution in [2.45, 2.75) is 12.5 Å². The Hall–Kier alpha value is -1.51. The van der Waals surface area contributed by atoms with Gasteiger partial charge in [0.25, 0.3) is 0 Å². The van der Waals surface area contributed by atoms with Gasteiger partial charge in [0.05, 0.1) is 17.6 Å². The number of isothiocyanates is 1. The fourth-order valence-corrected chi connectivity index (χ4v) is 1.27. The zero-order valence-corrected chi connectivity index (χ0v) is 8.20. The average molecular weight is 207 g/mol. The van der Waals surface area contributed by atoms with Crippen LogP contribution >= 0.6 is 12.2 Å². The molecule has 0 aliphatic rings. The highest BCUT2D eigenvalue weighted by molar-refractivity contribution is 7.78. The maximum absolute atomic E-state index is 10.5. The monoisotopic (exact) mass is 207 g/mol. The van der Waals surface area contributed by atoms with Crippen molar-refractivity contribution in [3.05, 3.63) is 35.9 Å². The van der Waals surface area contributed by atoms with E-state index in [2.05, 4.69) is 22.4 Å². The van der Waals surface area contributed by atoms with Crippen molar-refractivity contribution in [3.8, 4) is 0 Å². The van der Waals surface area contributed by atoms with Crippen molar-refractivity contribution >= 4 is 23.3 Å². The van der Waals surface area contributed by atoms with E-state index in [9.17, 15) is 4.79 Å². The summed E-state index contributed by atoms with van der Waals surface area (Å²) in [6, 6.07) is 8.76. The van der Waals surface area contributed by atoms with Crippen molar-refractivity contribution in [1.29, 1.82) is 0 Å². The standard InChI is InChI=1S/C10H9NO2S/c12-10(13)6-9(11-7-14)8-4-2-1-3-5-8/h1-5,9H,6H2,(H,12,13)/t9-/m0/s1. The number of carboxylic acids is 1. The van der Waals surface area contributed by atoms with E-state index in [0.29, 0.717) is 0 Å². The number of aliphatic carboxylic acids is 1. The molecule has 0 fully saturated rings. The molecule has 0 unspecified atom stereocenters. The lowest BCUT2D eigenvalue weighted by Crippen LogP contribution is -2.03. The van der Waals surface area contributed by atoms with E-state index < -0.39 is 12.0 Å². The lowest BCUT2D eigenvalue weighted by atomic mass is 10.1. The fourth-order valence-electron chi connectivity index (χ4n) is 1.14. The van der Waals surface area contributed by atoms with Crippen LogP contribution in [0.2, 0.25) is 0 Å². The maximum Gasteiger partial charge on any atom is 0.305 e. The van der Waals surface area contributed by atoms with Crippen molar-refractivity contribution in [1.82, 2.24) is 0 Å². The maximum atomic E-state index is 10.5. The summed E-state index contributed by atoms with van der Waals surface area (Å²) in [5.74, 6) is -0.896. The molecule has 0 amide bonds. The summed E-state index contributed by atoms with van der Waals surface area (Å²) in [7, 11) is 0. The molecule has 0 aliphatic carbocycles. The number of nitrogens with zero attached hydrogens (tertiary/aromatic N) is 1. The second kappa shape index (κ2) is 5.27. The number of aliphatic imine (C=N–C) groups is 1. The first-order valence-corrected chi connectivity index (χ1v) is 4.48. The molecule has 0 radical (unpaired) electrons. The number of benzene rings is 1. The highest BCUT2D eigenvalue weighted by Crippen LogP contribution is 2.20. The minimum Gasteiger partial charge on any atom is -0.481 e. The minimum atomic E-state index is -0.896. The molecule has 1 N–H and O–H groups in total. The van der Waals surface area contributed by atoms with E-state index in [-0.39, 0.29) is 6.42 Å². The molecule has 0 bridgehead atoms. The Bertz CT molecular complexity index is 358. The summed E-state index contributed by atoms with van der Waals surface area (Å²) >= 11 is 4.47. The third-order valence-electron chi connectivity index (χ3n) is 1.76. The lowest BCUT2D eigenvalue weighted by molar-refractivity contribution is -0.137. The van der Waals surface area contributed by atoms with Crippen LogP contribution in [0, 0.1) is 0 Å². The number of thiocarbonyl (C=S) groups is 1. The third kappa shape index (κ3) is 3.09. The van der Waals surface area contributed by atoms with Crippen LogP contribution in [0.15, 0.2) is 35.3 Å². The molecule has 1 rings (SSSR count). The van der Waals surface area contributed by atoms with Crippen LogP contribution < -0.4 is 0 Å². The Morgan fingerprint density at radius 3 is 2.64 bits per heavy atom. The third-order valence-corrected chi connectivity index (χ3v) is 1.87. The summed E-state index contributed by atoms with van der Waals surface area (Å²) in [5, 5.41) is 10.9. The van der Waals surface area contributed by atoms with Crippen LogP contribution in [-0.4, -0.2) is 16.2 Å². The van der Waals surface area contributed by atoms with Crippen LogP contribution in [0.4, 0.5) is 0 Å². The van der Waals surface area contributed by atoms with E-state index in [0.717, 1.165) is 5.56 Å². The fraction of sp³-hybridized carbons (Fsp3) is 0.200. The van der Waals surface area contributed by atoms with Gasteiger partial charge in [-0.1, -0.05) is 30.3 Å². The Kier molecular flexibility index (Phi) is 3.98. The topological polar surface area (TPSA) is 49.7 Å². The van der Waals surface area contributed by atoms with E-state index >= 15 is 0 Å². The molecule has 0 saturated carbocycles. The van der Waals surface area contributed by atoms with Gasteiger partial charge >= 0.3 is 5.97 Å². The van der Waals surface area contributed by atoms with Crippen LogP contribution in [-0.2, 0) is 4.79 Å². The Morgan fingerprint density at radius 1 is 1.50 bits per heavy atom. The van der Waals surface area contributed by atoms with Crippen LogP contribution in [0.25, 0.3) is 0 Å². The van der Waals surface area contributed by atoms with Crippen LogP contribution in [0.5, 0.6) is 0 Å². The molecule has 4 heteroatoms. The van der Waals surface area contributed by atoms with Gasteiger partial charge in [0.1, 0.15) is 0 Å². The Balaban J connectivity index is 2.88. The normalized spacial score (nSPS) is 11.4. The van der Waals surface area contributed by atoms with Gasteiger partial charge in [0.2, 0.25) is 0 Å². The summed E-state index contributed by atoms with van der Waals surface area (Å²) in [6.45, 7) is 0. The highest BCUT2D eigenvalue weighted by atomic mass is 32.1. The SMILES string of the molecule is O=C(O)C[C@H](N=C=S)c1ccccc1. The lowest BCUT2D eigenvalue weighted by Gasteiger charge is -2.07. The predicted molar refractivity (Wildman–Crippen MR) is 56.5 cm³/mol. The second-order valence-corrected chi connectivity index (χ2v) is 2.93. The molecule has 0 aromatic heterocycles. The van der Waals surface area contributed by atoms with Gasteiger partial charge in [-0.15, -0.1) is 0 Å². The van der Waals surface area contributed by atoms with E-state index in [1.165, 1.54) is 0 Å². The molecule has 1 aromatic rings. The van der Waals surface area contributed by atoms with Gasteiger partial charge in [0.15, 0.2) is 0 Å². The molecule has 0 heterocycles. The number of hydrogen-bond donors (Lipinski definition) is 1. The summed E-state index contributed by atoms with van der Waals surface area (Å²) in [5.41, 5.74) is 0.840. The molecule has 14 heavy (non-hydrogen) atoms. The van der Waals surface area contributed by atoms with Crippen LogP contribution in [0.3, 0.4) is 0 Å². The molecule has 1 aromatic carbocycles. The van der Waals surface area contributed by atoms with Gasteiger partial charge in [0, 0.05) is 0 Å². The zero-order valence-electron chi connectivity index (χ0n) is 7.38. The molecular weight excluding hydrogens is 198 g/mol. The second-order valence-electron chi connectivity index (χ2n) is 2.74. The molecule has 0 saturated heterocycles. The van der Waals surface area contributed by atoms with Gasteiger partial charge in [-0.05, 0) is 17.8 Å². The molecule has 0 aliphatic heterocycles. The quantitative estimate of drug-likeness (QED) is 0.608. The Labute approximate surface area is 87.1 Å². The molecule has 3 nitrogen and oxygen atoms in total.